The van der Waals surface area contributed by atoms with Crippen LogP contribution in [-0.2, 0) is 20.7 Å². The highest BCUT2D eigenvalue weighted by molar-refractivity contribution is 6.30. The summed E-state index contributed by atoms with van der Waals surface area (Å²) in [6.45, 7) is 9.06. The summed E-state index contributed by atoms with van der Waals surface area (Å²) >= 11 is 6.04. The van der Waals surface area contributed by atoms with Gasteiger partial charge in [0.05, 0.1) is 5.92 Å². The predicted molar refractivity (Wildman–Crippen MR) is 157 cm³/mol. The van der Waals surface area contributed by atoms with Gasteiger partial charge in [-0.3, -0.25) is 19.4 Å². The molecule has 0 saturated carbocycles. The molecule has 4 atom stereocenters. The van der Waals surface area contributed by atoms with Crippen LogP contribution >= 0.6 is 11.6 Å². The van der Waals surface area contributed by atoms with Gasteiger partial charge >= 0.3 is 5.97 Å². The number of nitrogens with zero attached hydrogens (tertiary/aromatic N) is 3. The summed E-state index contributed by atoms with van der Waals surface area (Å²) in [7, 11) is 0. The Kier molecular flexibility index (Phi) is 9.52. The number of aliphatic carboxylic acids is 1. The second-order valence-corrected chi connectivity index (χ2v) is 12.6. The Morgan fingerprint density at radius 2 is 1.79 bits per heavy atom. The van der Waals surface area contributed by atoms with Crippen LogP contribution in [0.2, 0.25) is 5.02 Å². The first-order valence-electron chi connectivity index (χ1n) is 14.8. The van der Waals surface area contributed by atoms with E-state index in [1.807, 2.05) is 29.7 Å². The van der Waals surface area contributed by atoms with Crippen molar-refractivity contribution < 1.29 is 28.2 Å². The molecule has 5 rings (SSSR count). The Morgan fingerprint density at radius 3 is 2.43 bits per heavy atom. The average molecular weight is 604 g/mol. The van der Waals surface area contributed by atoms with Crippen LogP contribution in [0.3, 0.4) is 0 Å². The smallest absolute Gasteiger partial charge is 0.321 e. The van der Waals surface area contributed by atoms with E-state index >= 15 is 4.39 Å². The number of benzene rings is 2. The second kappa shape index (κ2) is 13.0. The van der Waals surface area contributed by atoms with Crippen molar-refractivity contribution in [1.29, 1.82) is 0 Å². The van der Waals surface area contributed by atoms with Gasteiger partial charge in [0, 0.05) is 75.4 Å². The number of carbonyl (C=O) groups is 2. The van der Waals surface area contributed by atoms with Gasteiger partial charge in [0.15, 0.2) is 0 Å². The SMILES string of the molecule is Cc1cc(C)c(CC(C(=O)O)N2CCN(C(=O)[C@@H]3CN(C4CCOCC4)C[C@H]3c3ccc(Cl)cc3F)[C@@H](C)C2)c(F)c1. The summed E-state index contributed by atoms with van der Waals surface area (Å²) < 4.78 is 35.5. The second-order valence-electron chi connectivity index (χ2n) is 12.2. The average Bonchev–Trinajstić information content (AvgIpc) is 3.38. The van der Waals surface area contributed by atoms with E-state index in [9.17, 15) is 19.1 Å². The molecule has 0 spiro atoms. The molecule has 0 aliphatic carbocycles. The van der Waals surface area contributed by atoms with Crippen molar-refractivity contribution >= 4 is 23.5 Å². The molecular formula is C32H40ClF2N3O4. The van der Waals surface area contributed by atoms with E-state index in [0.29, 0.717) is 62.1 Å². The van der Waals surface area contributed by atoms with Crippen LogP contribution in [0.25, 0.3) is 0 Å². The van der Waals surface area contributed by atoms with Crippen LogP contribution in [0.4, 0.5) is 8.78 Å². The van der Waals surface area contributed by atoms with Crippen molar-refractivity contribution in [3.8, 4) is 0 Å². The lowest BCUT2D eigenvalue weighted by Gasteiger charge is -2.43. The zero-order valence-corrected chi connectivity index (χ0v) is 25.2. The highest BCUT2D eigenvalue weighted by Gasteiger charge is 2.45. The molecule has 2 aromatic carbocycles. The van der Waals surface area contributed by atoms with Gasteiger partial charge in [-0.25, -0.2) is 8.78 Å². The molecule has 2 aromatic rings. The zero-order valence-electron chi connectivity index (χ0n) is 24.5. The molecule has 42 heavy (non-hydrogen) atoms. The predicted octanol–water partition coefficient (Wildman–Crippen LogP) is 4.66. The fraction of sp³-hybridized carbons (Fsp3) is 0.562. The van der Waals surface area contributed by atoms with Crippen molar-refractivity contribution in [1.82, 2.24) is 14.7 Å². The zero-order chi connectivity index (χ0) is 30.1. The number of piperazine rings is 1. The van der Waals surface area contributed by atoms with Crippen molar-refractivity contribution in [2.75, 3.05) is 45.9 Å². The van der Waals surface area contributed by atoms with Crippen molar-refractivity contribution in [2.24, 2.45) is 5.92 Å². The standard InChI is InChI=1S/C32H40ClF2N3O4/c1-19-12-20(2)25(28(34)13-19)15-30(32(40)41)36-8-9-38(21(3)16-36)31(39)27-18-37(23-6-10-42-11-7-23)17-26(27)24-5-4-22(33)14-29(24)35/h4-5,12-14,21,23,26-27,30H,6-11,15-18H2,1-3H3,(H,40,41)/t21-,26-,27+,30?/m0/s1. The Labute approximate surface area is 251 Å². The van der Waals surface area contributed by atoms with Crippen LogP contribution in [-0.4, -0.2) is 95.7 Å². The van der Waals surface area contributed by atoms with Crippen LogP contribution in [0, 0.1) is 31.4 Å². The van der Waals surface area contributed by atoms with Crippen molar-refractivity contribution in [2.45, 2.75) is 64.1 Å². The van der Waals surface area contributed by atoms with Gasteiger partial charge in [0.25, 0.3) is 0 Å². The summed E-state index contributed by atoms with van der Waals surface area (Å²) in [5.41, 5.74) is 2.43. The van der Waals surface area contributed by atoms with Gasteiger partial charge in [-0.05, 0) is 74.1 Å². The number of rotatable bonds is 7. The summed E-state index contributed by atoms with van der Waals surface area (Å²) in [5.74, 6) is -2.60. The summed E-state index contributed by atoms with van der Waals surface area (Å²) in [6.07, 6.45) is 1.81. The van der Waals surface area contributed by atoms with E-state index in [0.717, 1.165) is 24.0 Å². The maximum Gasteiger partial charge on any atom is 0.321 e. The summed E-state index contributed by atoms with van der Waals surface area (Å²) in [4.78, 5) is 32.5. The van der Waals surface area contributed by atoms with Gasteiger partial charge in [-0.1, -0.05) is 23.7 Å². The Morgan fingerprint density at radius 1 is 1.05 bits per heavy atom. The van der Waals surface area contributed by atoms with Gasteiger partial charge in [-0.15, -0.1) is 0 Å². The quantitative estimate of drug-likeness (QED) is 0.496. The third-order valence-corrected chi connectivity index (χ3v) is 9.60. The van der Waals surface area contributed by atoms with Gasteiger partial charge in [0.1, 0.15) is 17.7 Å². The number of halogens is 3. The lowest BCUT2D eigenvalue weighted by atomic mass is 9.87. The number of hydrogen-bond donors (Lipinski definition) is 1. The molecule has 228 valence electrons. The highest BCUT2D eigenvalue weighted by Crippen LogP contribution is 2.39. The molecule has 1 N–H and O–H groups in total. The van der Waals surface area contributed by atoms with Crippen LogP contribution in [0.5, 0.6) is 0 Å². The van der Waals surface area contributed by atoms with Crippen molar-refractivity contribution in [3.05, 3.63) is 69.2 Å². The number of ether oxygens (including phenoxy) is 1. The Balaban J connectivity index is 1.33. The molecule has 1 amide bonds. The summed E-state index contributed by atoms with van der Waals surface area (Å²) in [6, 6.07) is 7.09. The number of carboxylic acid groups (broad SMARTS) is 1. The minimum absolute atomic E-state index is 0.0386. The summed E-state index contributed by atoms with van der Waals surface area (Å²) in [5, 5.41) is 10.4. The van der Waals surface area contributed by atoms with Crippen LogP contribution in [0.1, 0.15) is 47.9 Å². The highest BCUT2D eigenvalue weighted by atomic mass is 35.5. The Bertz CT molecular complexity index is 1300. The van der Waals surface area contributed by atoms with E-state index in [4.69, 9.17) is 16.3 Å². The molecule has 3 aliphatic heterocycles. The number of amides is 1. The van der Waals surface area contributed by atoms with E-state index in [-0.39, 0.29) is 30.3 Å². The first-order chi connectivity index (χ1) is 20.0. The molecule has 3 fully saturated rings. The van der Waals surface area contributed by atoms with E-state index < -0.39 is 29.6 Å². The number of likely N-dealkylation sites (tertiary alicyclic amines) is 1. The minimum Gasteiger partial charge on any atom is -0.480 e. The largest absolute Gasteiger partial charge is 0.480 e. The molecule has 3 heterocycles. The minimum atomic E-state index is -1.01. The van der Waals surface area contributed by atoms with Crippen LogP contribution in [0.15, 0.2) is 30.3 Å². The first kappa shape index (κ1) is 30.9. The van der Waals surface area contributed by atoms with E-state index in [2.05, 4.69) is 4.90 Å². The molecule has 0 radical (unpaired) electrons. The molecule has 1 unspecified atom stereocenters. The fourth-order valence-corrected chi connectivity index (χ4v) is 7.29. The number of carbonyl (C=O) groups excluding carboxylic acids is 1. The molecule has 0 aromatic heterocycles. The van der Waals surface area contributed by atoms with Gasteiger partial charge < -0.3 is 14.7 Å². The monoisotopic (exact) mass is 603 g/mol. The molecule has 3 saturated heterocycles. The van der Waals surface area contributed by atoms with Gasteiger partial charge in [0.2, 0.25) is 5.91 Å². The first-order valence-corrected chi connectivity index (χ1v) is 15.2. The molecule has 0 bridgehead atoms. The maximum atomic E-state index is 15.2. The topological polar surface area (TPSA) is 73.3 Å². The lowest BCUT2D eigenvalue weighted by Crippen LogP contribution is -2.59. The van der Waals surface area contributed by atoms with E-state index in [1.165, 1.54) is 12.1 Å². The number of hydrogen-bond acceptors (Lipinski definition) is 5. The molecule has 3 aliphatic rings. The van der Waals surface area contributed by atoms with Crippen LogP contribution < -0.4 is 0 Å². The number of carboxylic acids is 1. The van der Waals surface area contributed by atoms with Crippen molar-refractivity contribution in [3.63, 3.8) is 0 Å². The van der Waals surface area contributed by atoms with E-state index in [1.54, 1.807) is 19.1 Å². The molecular weight excluding hydrogens is 564 g/mol. The molecule has 10 heteroatoms. The third kappa shape index (κ3) is 6.49. The molecule has 7 nitrogen and oxygen atoms in total. The number of aryl methyl sites for hydroxylation is 2. The third-order valence-electron chi connectivity index (χ3n) is 9.36. The fourth-order valence-electron chi connectivity index (χ4n) is 7.13. The lowest BCUT2D eigenvalue weighted by molar-refractivity contribution is -0.147. The normalized spacial score (nSPS) is 25.1. The van der Waals surface area contributed by atoms with Gasteiger partial charge in [-0.2, -0.15) is 0 Å². The Hall–Kier alpha value is -2.59. The maximum absolute atomic E-state index is 15.2.